The molecule has 7 heteroatoms. The van der Waals surface area contributed by atoms with Gasteiger partial charge in [-0.05, 0) is 47.4 Å². The summed E-state index contributed by atoms with van der Waals surface area (Å²) in [5.74, 6) is -1.72. The van der Waals surface area contributed by atoms with E-state index in [1.807, 2.05) is 38.1 Å². The molecule has 34 heavy (non-hydrogen) atoms. The molecule has 0 saturated heterocycles. The Kier molecular flexibility index (Phi) is 7.20. The number of rotatable bonds is 8. The van der Waals surface area contributed by atoms with E-state index in [-0.39, 0.29) is 30.4 Å². The van der Waals surface area contributed by atoms with Crippen LogP contribution in [0.15, 0.2) is 48.5 Å². The van der Waals surface area contributed by atoms with Crippen molar-refractivity contribution in [1.29, 1.82) is 0 Å². The van der Waals surface area contributed by atoms with E-state index in [1.54, 1.807) is 0 Å². The van der Waals surface area contributed by atoms with Crippen LogP contribution in [-0.4, -0.2) is 41.8 Å². The summed E-state index contributed by atoms with van der Waals surface area (Å²) in [5.41, 5.74) is 4.60. The van der Waals surface area contributed by atoms with E-state index >= 15 is 0 Å². The van der Waals surface area contributed by atoms with Crippen molar-refractivity contribution in [3.63, 3.8) is 0 Å². The maximum Gasteiger partial charge on any atom is 0.407 e. The lowest BCUT2D eigenvalue weighted by molar-refractivity contribution is -0.143. The quantitative estimate of drug-likeness (QED) is 0.540. The molecule has 1 saturated carbocycles. The number of carbonyl (C=O) groups is 3. The second kappa shape index (κ2) is 10.3. The second-order valence-electron chi connectivity index (χ2n) is 9.64. The van der Waals surface area contributed by atoms with Gasteiger partial charge in [-0.2, -0.15) is 0 Å². The third-order valence-corrected chi connectivity index (χ3v) is 6.82. The van der Waals surface area contributed by atoms with Crippen molar-refractivity contribution < 1.29 is 24.2 Å². The van der Waals surface area contributed by atoms with Gasteiger partial charge in [0.25, 0.3) is 0 Å². The van der Waals surface area contributed by atoms with Crippen LogP contribution in [0.4, 0.5) is 4.79 Å². The van der Waals surface area contributed by atoms with Crippen LogP contribution in [0, 0.1) is 11.8 Å². The van der Waals surface area contributed by atoms with Crippen LogP contribution in [0.25, 0.3) is 11.1 Å². The highest BCUT2D eigenvalue weighted by Crippen LogP contribution is 2.44. The van der Waals surface area contributed by atoms with E-state index in [1.165, 1.54) is 0 Å². The number of ether oxygens (including phenoxy) is 1. The van der Waals surface area contributed by atoms with Gasteiger partial charge in [-0.15, -0.1) is 0 Å². The average Bonchev–Trinajstić information content (AvgIpc) is 3.39. The summed E-state index contributed by atoms with van der Waals surface area (Å²) in [6.07, 6.45) is 1.86. The SMILES string of the molecule is CC(C)CC(NC(=O)C1CCCC1NC(=O)OCC1c2ccccc2-c2ccccc21)C(=O)O. The zero-order chi connectivity index (χ0) is 24.2. The normalized spacial score (nSPS) is 19.9. The van der Waals surface area contributed by atoms with Crippen molar-refractivity contribution in [2.24, 2.45) is 11.8 Å². The van der Waals surface area contributed by atoms with E-state index < -0.39 is 24.0 Å². The highest BCUT2D eigenvalue weighted by Gasteiger charge is 2.36. The number of fused-ring (bicyclic) bond motifs is 3. The molecule has 3 N–H and O–H groups in total. The molecule has 2 aliphatic carbocycles. The number of benzene rings is 2. The molecule has 0 aliphatic heterocycles. The van der Waals surface area contributed by atoms with Crippen LogP contribution in [0.1, 0.15) is 56.6 Å². The second-order valence-corrected chi connectivity index (χ2v) is 9.64. The van der Waals surface area contributed by atoms with Crippen LogP contribution < -0.4 is 10.6 Å². The molecule has 0 bridgehead atoms. The lowest BCUT2D eigenvalue weighted by Gasteiger charge is -2.23. The molecule has 0 aromatic heterocycles. The summed E-state index contributed by atoms with van der Waals surface area (Å²) >= 11 is 0. The number of nitrogens with one attached hydrogen (secondary N) is 2. The van der Waals surface area contributed by atoms with Crippen molar-refractivity contribution in [3.8, 4) is 11.1 Å². The topological polar surface area (TPSA) is 105 Å². The van der Waals surface area contributed by atoms with E-state index in [2.05, 4.69) is 34.9 Å². The zero-order valence-electron chi connectivity index (χ0n) is 19.6. The fourth-order valence-corrected chi connectivity index (χ4v) is 5.21. The molecule has 1 fully saturated rings. The maximum atomic E-state index is 12.8. The molecule has 0 spiro atoms. The van der Waals surface area contributed by atoms with E-state index in [0.29, 0.717) is 19.3 Å². The summed E-state index contributed by atoms with van der Waals surface area (Å²) in [4.78, 5) is 37.0. The van der Waals surface area contributed by atoms with Gasteiger partial charge in [0.1, 0.15) is 12.6 Å². The summed E-state index contributed by atoms with van der Waals surface area (Å²) in [7, 11) is 0. The minimum absolute atomic E-state index is 0.0341. The van der Waals surface area contributed by atoms with Gasteiger partial charge in [0.05, 0.1) is 5.92 Å². The molecule has 2 aromatic carbocycles. The van der Waals surface area contributed by atoms with Crippen LogP contribution >= 0.6 is 0 Å². The number of hydrogen-bond acceptors (Lipinski definition) is 4. The third kappa shape index (κ3) is 5.08. The first kappa shape index (κ1) is 23.8. The fourth-order valence-electron chi connectivity index (χ4n) is 5.21. The summed E-state index contributed by atoms with van der Waals surface area (Å²) in [6, 6.07) is 15.0. The molecule has 180 valence electrons. The number of amides is 2. The van der Waals surface area contributed by atoms with Gasteiger partial charge in [-0.25, -0.2) is 9.59 Å². The van der Waals surface area contributed by atoms with Gasteiger partial charge in [0, 0.05) is 12.0 Å². The molecular weight excluding hydrogens is 432 g/mol. The van der Waals surface area contributed by atoms with Crippen LogP contribution in [0.3, 0.4) is 0 Å². The Morgan fingerprint density at radius 3 is 2.21 bits per heavy atom. The summed E-state index contributed by atoms with van der Waals surface area (Å²) in [5, 5.41) is 15.0. The minimum Gasteiger partial charge on any atom is -0.480 e. The van der Waals surface area contributed by atoms with Gasteiger partial charge < -0.3 is 20.5 Å². The number of aliphatic carboxylic acids is 1. The Labute approximate surface area is 199 Å². The highest BCUT2D eigenvalue weighted by atomic mass is 16.5. The predicted octanol–water partition coefficient (Wildman–Crippen LogP) is 4.31. The van der Waals surface area contributed by atoms with E-state index in [9.17, 15) is 19.5 Å². The highest BCUT2D eigenvalue weighted by molar-refractivity contribution is 5.86. The minimum atomic E-state index is -1.04. The molecule has 2 amide bonds. The molecule has 2 aliphatic rings. The first-order valence-electron chi connectivity index (χ1n) is 12.0. The standard InChI is InChI=1S/C27H32N2O5/c1-16(2)14-24(26(31)32)28-25(30)21-12-7-13-23(21)29-27(33)34-15-22-19-10-5-3-8-17(19)18-9-4-6-11-20(18)22/h3-6,8-11,16,21-24H,7,12-15H2,1-2H3,(H,28,30)(H,29,33)(H,31,32). The Hall–Kier alpha value is -3.35. The predicted molar refractivity (Wildman–Crippen MR) is 128 cm³/mol. The molecule has 4 rings (SSSR count). The Morgan fingerprint density at radius 2 is 1.62 bits per heavy atom. The van der Waals surface area contributed by atoms with Gasteiger partial charge in [-0.3, -0.25) is 4.79 Å². The van der Waals surface area contributed by atoms with Gasteiger partial charge in [0.2, 0.25) is 5.91 Å². The largest absolute Gasteiger partial charge is 0.480 e. The molecule has 3 unspecified atom stereocenters. The Bertz CT molecular complexity index is 1020. The number of carbonyl (C=O) groups excluding carboxylic acids is 2. The average molecular weight is 465 g/mol. The first-order valence-corrected chi connectivity index (χ1v) is 12.0. The fraction of sp³-hybridized carbons (Fsp3) is 0.444. The molecule has 7 nitrogen and oxygen atoms in total. The molecule has 3 atom stereocenters. The molecule has 0 radical (unpaired) electrons. The van der Waals surface area contributed by atoms with Crippen LogP contribution in [0.2, 0.25) is 0 Å². The number of alkyl carbamates (subject to hydrolysis) is 1. The summed E-state index contributed by atoms with van der Waals surface area (Å²) < 4.78 is 5.63. The maximum absolute atomic E-state index is 12.8. The smallest absolute Gasteiger partial charge is 0.407 e. The zero-order valence-corrected chi connectivity index (χ0v) is 19.6. The number of carboxylic acids is 1. The van der Waals surface area contributed by atoms with Crippen molar-refractivity contribution in [2.75, 3.05) is 6.61 Å². The Morgan fingerprint density at radius 1 is 1.00 bits per heavy atom. The van der Waals surface area contributed by atoms with Gasteiger partial charge >= 0.3 is 12.1 Å². The van der Waals surface area contributed by atoms with E-state index in [4.69, 9.17) is 4.74 Å². The Balaban J connectivity index is 1.36. The van der Waals surface area contributed by atoms with Gasteiger partial charge in [-0.1, -0.05) is 68.8 Å². The van der Waals surface area contributed by atoms with Gasteiger partial charge in [0.15, 0.2) is 0 Å². The number of carboxylic acid groups (broad SMARTS) is 1. The summed E-state index contributed by atoms with van der Waals surface area (Å²) in [6.45, 7) is 4.04. The van der Waals surface area contributed by atoms with Crippen molar-refractivity contribution in [1.82, 2.24) is 10.6 Å². The molecule has 2 aromatic rings. The van der Waals surface area contributed by atoms with Crippen molar-refractivity contribution in [3.05, 3.63) is 59.7 Å². The molecular formula is C27H32N2O5. The molecule has 0 heterocycles. The van der Waals surface area contributed by atoms with Crippen molar-refractivity contribution in [2.45, 2.75) is 57.5 Å². The monoisotopic (exact) mass is 464 g/mol. The van der Waals surface area contributed by atoms with Crippen molar-refractivity contribution >= 4 is 18.0 Å². The van der Waals surface area contributed by atoms with E-state index in [0.717, 1.165) is 28.7 Å². The van der Waals surface area contributed by atoms with Crippen LogP contribution in [-0.2, 0) is 14.3 Å². The third-order valence-electron chi connectivity index (χ3n) is 6.82. The first-order chi connectivity index (χ1) is 16.3. The number of hydrogen-bond donors (Lipinski definition) is 3. The lowest BCUT2D eigenvalue weighted by atomic mass is 9.98. The lowest BCUT2D eigenvalue weighted by Crippen LogP contribution is -2.49. The van der Waals surface area contributed by atoms with Crippen LogP contribution in [0.5, 0.6) is 0 Å².